The predicted octanol–water partition coefficient (Wildman–Crippen LogP) is 4.52. The van der Waals surface area contributed by atoms with E-state index in [-0.39, 0.29) is 17.6 Å². The van der Waals surface area contributed by atoms with Crippen molar-refractivity contribution in [3.63, 3.8) is 0 Å². The summed E-state index contributed by atoms with van der Waals surface area (Å²) in [5, 5.41) is 9.75. The SMILES string of the molecule is CC(C)(C)c1cc2c(cc1Cl)C1CC1(C(=O)O)C(C(F)(F)F)O2. The van der Waals surface area contributed by atoms with E-state index in [2.05, 4.69) is 0 Å². The number of halogens is 4. The van der Waals surface area contributed by atoms with Crippen LogP contribution in [0.2, 0.25) is 5.02 Å². The average Bonchev–Trinajstić information content (AvgIpc) is 3.11. The fraction of sp³-hybridized carbons (Fsp3) is 0.562. The number of carbonyl (C=O) groups is 1. The van der Waals surface area contributed by atoms with Gasteiger partial charge in [0.25, 0.3) is 0 Å². The van der Waals surface area contributed by atoms with E-state index in [1.165, 1.54) is 6.07 Å². The fourth-order valence-electron chi connectivity index (χ4n) is 3.41. The third kappa shape index (κ3) is 2.30. The molecule has 126 valence electrons. The number of fused-ring (bicyclic) bond motifs is 3. The lowest BCUT2D eigenvalue weighted by molar-refractivity contribution is -0.222. The maximum absolute atomic E-state index is 13.3. The molecule has 3 nitrogen and oxygen atoms in total. The van der Waals surface area contributed by atoms with Gasteiger partial charge in [0.15, 0.2) is 0 Å². The van der Waals surface area contributed by atoms with Gasteiger partial charge in [-0.2, -0.15) is 13.2 Å². The van der Waals surface area contributed by atoms with Gasteiger partial charge in [-0.3, -0.25) is 4.79 Å². The summed E-state index contributed by atoms with van der Waals surface area (Å²) in [4.78, 5) is 11.5. The topological polar surface area (TPSA) is 46.5 Å². The molecule has 0 spiro atoms. The monoisotopic (exact) mass is 348 g/mol. The number of carboxylic acid groups (broad SMARTS) is 1. The zero-order chi connectivity index (χ0) is 17.4. The molecule has 0 radical (unpaired) electrons. The van der Waals surface area contributed by atoms with E-state index in [1.807, 2.05) is 20.8 Å². The molecule has 0 aromatic heterocycles. The summed E-state index contributed by atoms with van der Waals surface area (Å²) in [6.07, 6.45) is -7.17. The number of ether oxygens (including phenoxy) is 1. The quantitative estimate of drug-likeness (QED) is 0.811. The third-order valence-electron chi connectivity index (χ3n) is 4.69. The van der Waals surface area contributed by atoms with Gasteiger partial charge in [-0.1, -0.05) is 32.4 Å². The minimum atomic E-state index is -4.74. The Hall–Kier alpha value is -1.43. The van der Waals surface area contributed by atoms with E-state index in [0.717, 1.165) is 0 Å². The van der Waals surface area contributed by atoms with Crippen molar-refractivity contribution in [2.45, 2.75) is 50.8 Å². The van der Waals surface area contributed by atoms with Crippen molar-refractivity contribution < 1.29 is 27.8 Å². The molecule has 3 unspecified atom stereocenters. The minimum Gasteiger partial charge on any atom is -0.481 e. The standard InChI is InChI=1S/C16H16ClF3O3/c1-14(2,3)8-5-11-7(4-10(8)17)9-6-15(9,13(21)22)12(23-11)16(18,19)20/h4-5,9,12H,6H2,1-3H3,(H,21,22). The van der Waals surface area contributed by atoms with Gasteiger partial charge >= 0.3 is 12.1 Å². The van der Waals surface area contributed by atoms with E-state index in [4.69, 9.17) is 16.3 Å². The van der Waals surface area contributed by atoms with Crippen molar-refractivity contribution in [1.82, 2.24) is 0 Å². The number of rotatable bonds is 1. The normalized spacial score (nSPS) is 29.3. The molecule has 0 amide bonds. The van der Waals surface area contributed by atoms with Crippen molar-refractivity contribution in [2.75, 3.05) is 0 Å². The highest BCUT2D eigenvalue weighted by molar-refractivity contribution is 6.31. The van der Waals surface area contributed by atoms with Gasteiger partial charge in [0.05, 0.1) is 0 Å². The van der Waals surface area contributed by atoms with Crippen molar-refractivity contribution >= 4 is 17.6 Å². The maximum atomic E-state index is 13.3. The second kappa shape index (κ2) is 4.56. The molecule has 1 aromatic rings. The van der Waals surface area contributed by atoms with Crippen molar-refractivity contribution in [3.8, 4) is 5.75 Å². The lowest BCUT2D eigenvalue weighted by Gasteiger charge is -2.34. The first-order valence-corrected chi connectivity index (χ1v) is 7.57. The van der Waals surface area contributed by atoms with Crippen LogP contribution in [-0.4, -0.2) is 23.4 Å². The summed E-state index contributed by atoms with van der Waals surface area (Å²) >= 11 is 6.26. The molecular formula is C16H16ClF3O3. The molecule has 1 N–H and O–H groups in total. The Kier molecular flexibility index (Phi) is 3.26. The summed E-state index contributed by atoms with van der Waals surface area (Å²) in [7, 11) is 0. The Morgan fingerprint density at radius 3 is 2.43 bits per heavy atom. The molecule has 0 saturated heterocycles. The van der Waals surface area contributed by atoms with E-state index >= 15 is 0 Å². The Balaban J connectivity index is 2.14. The van der Waals surface area contributed by atoms with Gasteiger partial charge < -0.3 is 9.84 Å². The highest BCUT2D eigenvalue weighted by atomic mass is 35.5. The number of hydrogen-bond acceptors (Lipinski definition) is 2. The minimum absolute atomic E-state index is 0.0843. The lowest BCUT2D eigenvalue weighted by Crippen LogP contribution is -2.48. The van der Waals surface area contributed by atoms with Crippen LogP contribution < -0.4 is 4.74 Å². The van der Waals surface area contributed by atoms with Crippen LogP contribution >= 0.6 is 11.6 Å². The summed E-state index contributed by atoms with van der Waals surface area (Å²) < 4.78 is 45.1. The first-order chi connectivity index (χ1) is 10.4. The second-order valence-corrected chi connectivity index (χ2v) is 7.67. The second-order valence-electron chi connectivity index (χ2n) is 7.26. The summed E-state index contributed by atoms with van der Waals surface area (Å²) in [5.74, 6) is -2.12. The van der Waals surface area contributed by atoms with E-state index in [9.17, 15) is 23.1 Å². The first kappa shape index (κ1) is 16.4. The smallest absolute Gasteiger partial charge is 0.426 e. The molecule has 2 aliphatic rings. The van der Waals surface area contributed by atoms with Gasteiger partial charge in [0.1, 0.15) is 11.2 Å². The maximum Gasteiger partial charge on any atom is 0.426 e. The van der Waals surface area contributed by atoms with Crippen LogP contribution in [0.4, 0.5) is 13.2 Å². The van der Waals surface area contributed by atoms with Gasteiger partial charge in [-0.15, -0.1) is 0 Å². The highest BCUT2D eigenvalue weighted by Crippen LogP contribution is 2.69. The molecule has 1 fully saturated rings. The molecule has 1 saturated carbocycles. The zero-order valence-corrected chi connectivity index (χ0v) is 13.5. The summed E-state index contributed by atoms with van der Waals surface area (Å²) in [6, 6.07) is 3.07. The van der Waals surface area contributed by atoms with Crippen LogP contribution in [0.1, 0.15) is 44.2 Å². The molecule has 0 bridgehead atoms. The molecule has 3 rings (SSSR count). The Morgan fingerprint density at radius 1 is 1.35 bits per heavy atom. The Labute approximate surface area is 136 Å². The van der Waals surface area contributed by atoms with Crippen molar-refractivity contribution in [2.24, 2.45) is 5.41 Å². The van der Waals surface area contributed by atoms with Crippen molar-refractivity contribution in [3.05, 3.63) is 28.3 Å². The Morgan fingerprint density at radius 2 is 1.96 bits per heavy atom. The fourth-order valence-corrected chi connectivity index (χ4v) is 3.87. The molecular weight excluding hydrogens is 333 g/mol. The van der Waals surface area contributed by atoms with Gasteiger partial charge in [0.2, 0.25) is 6.10 Å². The third-order valence-corrected chi connectivity index (χ3v) is 5.01. The van der Waals surface area contributed by atoms with E-state index < -0.39 is 29.6 Å². The Bertz CT molecular complexity index is 693. The van der Waals surface area contributed by atoms with Crippen LogP contribution in [0.3, 0.4) is 0 Å². The number of benzene rings is 1. The number of carboxylic acids is 1. The van der Waals surface area contributed by atoms with Crippen LogP contribution in [0.15, 0.2) is 12.1 Å². The first-order valence-electron chi connectivity index (χ1n) is 7.19. The van der Waals surface area contributed by atoms with Gasteiger partial charge in [-0.25, -0.2) is 0 Å². The zero-order valence-electron chi connectivity index (χ0n) is 12.8. The molecule has 3 atom stereocenters. The van der Waals surface area contributed by atoms with Crippen LogP contribution in [0.25, 0.3) is 0 Å². The molecule has 1 aliphatic carbocycles. The molecule has 1 aliphatic heterocycles. The van der Waals surface area contributed by atoms with Crippen LogP contribution in [0.5, 0.6) is 5.75 Å². The molecule has 7 heteroatoms. The van der Waals surface area contributed by atoms with Crippen molar-refractivity contribution in [1.29, 1.82) is 0 Å². The highest BCUT2D eigenvalue weighted by Gasteiger charge is 2.75. The van der Waals surface area contributed by atoms with Gasteiger partial charge in [-0.05, 0) is 29.5 Å². The van der Waals surface area contributed by atoms with Crippen LogP contribution in [-0.2, 0) is 10.2 Å². The average molecular weight is 349 g/mol. The summed E-state index contributed by atoms with van der Waals surface area (Å²) in [6.45, 7) is 5.68. The lowest BCUT2D eigenvalue weighted by atomic mass is 9.83. The van der Waals surface area contributed by atoms with E-state index in [1.54, 1.807) is 6.07 Å². The number of aliphatic carboxylic acids is 1. The molecule has 23 heavy (non-hydrogen) atoms. The van der Waals surface area contributed by atoms with Crippen LogP contribution in [0, 0.1) is 5.41 Å². The predicted molar refractivity (Wildman–Crippen MR) is 78.0 cm³/mol. The molecule has 1 heterocycles. The largest absolute Gasteiger partial charge is 0.481 e. The number of alkyl halides is 3. The number of hydrogen-bond donors (Lipinski definition) is 1. The van der Waals surface area contributed by atoms with E-state index in [0.29, 0.717) is 16.1 Å². The molecule has 1 aromatic carbocycles. The summed E-state index contributed by atoms with van der Waals surface area (Å²) in [5.41, 5.74) is -1.18. The van der Waals surface area contributed by atoms with Gasteiger partial charge in [0, 0.05) is 16.5 Å².